The molecule has 0 rings (SSSR count). The quantitative estimate of drug-likeness (QED) is 0.0417. The summed E-state index contributed by atoms with van der Waals surface area (Å²) < 4.78 is 11.4. The molecule has 6 heteroatoms. The van der Waals surface area contributed by atoms with Crippen molar-refractivity contribution in [1.82, 2.24) is 4.90 Å². The second-order valence-electron chi connectivity index (χ2n) is 13.5. The maximum Gasteiger partial charge on any atom is 0.308 e. The monoisotopic (exact) mass is 652 g/mol. The van der Waals surface area contributed by atoms with Crippen LogP contribution in [0, 0.1) is 11.8 Å². The molecular weight excluding hydrogens is 574 g/mol. The van der Waals surface area contributed by atoms with Gasteiger partial charge in [0.15, 0.2) is 0 Å². The van der Waals surface area contributed by atoms with Gasteiger partial charge >= 0.3 is 11.9 Å². The minimum absolute atomic E-state index is 0.0268. The lowest BCUT2D eigenvalue weighted by Gasteiger charge is -2.21. The standard InChI is InChI=1S/C40H77NO5/c1-5-9-13-19-29-37(27-11-7-3)39(43)45-35-25-17-15-21-31-41(33-23-24-34-42)32-22-16-18-26-36-46-40(44)38(28-12-8-4)30-20-14-10-6-2/h23-24,37-38,42H,5-22,25-36H2,1-4H3/b24-23+. The minimum atomic E-state index is 0.0268. The number of aliphatic hydroxyl groups excluding tert-OH is 1. The van der Waals surface area contributed by atoms with Crippen molar-refractivity contribution < 1.29 is 24.2 Å². The molecule has 0 saturated carbocycles. The molecule has 0 aromatic rings. The molecule has 0 bridgehead atoms. The average Bonchev–Trinajstić information content (AvgIpc) is 3.06. The molecular formula is C40H77NO5. The number of nitrogens with zero attached hydrogens (tertiary/aromatic N) is 1. The number of hydrogen-bond acceptors (Lipinski definition) is 6. The van der Waals surface area contributed by atoms with Crippen molar-refractivity contribution in [3.05, 3.63) is 12.2 Å². The van der Waals surface area contributed by atoms with Crippen molar-refractivity contribution in [1.29, 1.82) is 0 Å². The maximum absolute atomic E-state index is 12.7. The van der Waals surface area contributed by atoms with Gasteiger partial charge in [0.05, 0.1) is 31.7 Å². The third-order valence-corrected chi connectivity index (χ3v) is 9.15. The molecule has 0 spiro atoms. The molecule has 0 amide bonds. The molecule has 0 aliphatic rings. The second-order valence-corrected chi connectivity index (χ2v) is 13.5. The van der Waals surface area contributed by atoms with E-state index in [4.69, 9.17) is 14.6 Å². The molecule has 46 heavy (non-hydrogen) atoms. The van der Waals surface area contributed by atoms with Crippen LogP contribution in [0.5, 0.6) is 0 Å². The van der Waals surface area contributed by atoms with Gasteiger partial charge in [-0.2, -0.15) is 0 Å². The summed E-state index contributed by atoms with van der Waals surface area (Å²) in [6.07, 6.45) is 30.5. The molecule has 0 aromatic heterocycles. The highest BCUT2D eigenvalue weighted by Crippen LogP contribution is 2.21. The Morgan fingerprint density at radius 3 is 1.33 bits per heavy atom. The first-order valence-electron chi connectivity index (χ1n) is 19.8. The third kappa shape index (κ3) is 27.7. The van der Waals surface area contributed by atoms with Crippen molar-refractivity contribution in [2.24, 2.45) is 11.8 Å². The summed E-state index contributed by atoms with van der Waals surface area (Å²) in [4.78, 5) is 27.8. The number of aliphatic hydroxyl groups is 1. The fourth-order valence-corrected chi connectivity index (χ4v) is 6.05. The van der Waals surface area contributed by atoms with Gasteiger partial charge < -0.3 is 14.6 Å². The molecule has 1 N–H and O–H groups in total. The molecule has 6 nitrogen and oxygen atoms in total. The van der Waals surface area contributed by atoms with E-state index in [0.717, 1.165) is 135 Å². The van der Waals surface area contributed by atoms with Crippen LogP contribution in [0.1, 0.15) is 182 Å². The lowest BCUT2D eigenvalue weighted by atomic mass is 9.95. The molecule has 0 aliphatic carbocycles. The Labute approximate surface area is 285 Å². The van der Waals surface area contributed by atoms with Gasteiger partial charge in [0.1, 0.15) is 0 Å². The predicted molar refractivity (Wildman–Crippen MR) is 195 cm³/mol. The molecule has 0 aromatic carbocycles. The number of esters is 2. The number of rotatable bonds is 35. The van der Waals surface area contributed by atoms with E-state index >= 15 is 0 Å². The van der Waals surface area contributed by atoms with Crippen LogP contribution in [0.15, 0.2) is 12.2 Å². The Hall–Kier alpha value is -1.40. The number of ether oxygens (including phenoxy) is 2. The Morgan fingerprint density at radius 2 is 0.913 bits per heavy atom. The molecule has 0 heterocycles. The van der Waals surface area contributed by atoms with E-state index < -0.39 is 0 Å². The number of hydrogen-bond donors (Lipinski definition) is 1. The highest BCUT2D eigenvalue weighted by Gasteiger charge is 2.20. The maximum atomic E-state index is 12.7. The minimum Gasteiger partial charge on any atom is -0.465 e. The van der Waals surface area contributed by atoms with Crippen molar-refractivity contribution >= 4 is 11.9 Å². The van der Waals surface area contributed by atoms with Crippen molar-refractivity contribution in [2.75, 3.05) is 39.5 Å². The van der Waals surface area contributed by atoms with Crippen LogP contribution >= 0.6 is 0 Å². The average molecular weight is 652 g/mol. The molecule has 0 aliphatic heterocycles. The van der Waals surface area contributed by atoms with Crippen molar-refractivity contribution in [3.8, 4) is 0 Å². The molecule has 0 saturated heterocycles. The Balaban J connectivity index is 4.22. The summed E-state index contributed by atoms with van der Waals surface area (Å²) in [6, 6.07) is 0. The number of unbranched alkanes of at least 4 members (excludes halogenated alkanes) is 14. The SMILES string of the molecule is CCCCCCC(CCCC)C(=O)OCCCCCCN(C/C=C/CO)CCCCCCOC(=O)C(CCCC)CCCCCC. The first kappa shape index (κ1) is 44.6. The zero-order valence-corrected chi connectivity index (χ0v) is 31.1. The summed E-state index contributed by atoms with van der Waals surface area (Å²) in [5.74, 6) is 0.221. The largest absolute Gasteiger partial charge is 0.465 e. The summed E-state index contributed by atoms with van der Waals surface area (Å²) >= 11 is 0. The van der Waals surface area contributed by atoms with E-state index in [9.17, 15) is 9.59 Å². The van der Waals surface area contributed by atoms with Gasteiger partial charge in [-0.3, -0.25) is 14.5 Å². The smallest absolute Gasteiger partial charge is 0.308 e. The van der Waals surface area contributed by atoms with Gasteiger partial charge in [0.2, 0.25) is 0 Å². The van der Waals surface area contributed by atoms with Gasteiger partial charge in [-0.1, -0.05) is 143 Å². The predicted octanol–water partition coefficient (Wildman–Crippen LogP) is 10.6. The summed E-state index contributed by atoms with van der Waals surface area (Å²) in [5.41, 5.74) is 0. The lowest BCUT2D eigenvalue weighted by molar-refractivity contribution is -0.150. The van der Waals surface area contributed by atoms with Crippen LogP contribution in [-0.2, 0) is 19.1 Å². The van der Waals surface area contributed by atoms with E-state index in [1.54, 1.807) is 0 Å². The fourth-order valence-electron chi connectivity index (χ4n) is 6.05. The summed E-state index contributed by atoms with van der Waals surface area (Å²) in [5, 5.41) is 9.16. The van der Waals surface area contributed by atoms with E-state index in [-0.39, 0.29) is 30.4 Å². The van der Waals surface area contributed by atoms with Crippen molar-refractivity contribution in [2.45, 2.75) is 182 Å². The molecule has 2 unspecified atom stereocenters. The van der Waals surface area contributed by atoms with E-state index in [1.807, 2.05) is 6.08 Å². The highest BCUT2D eigenvalue weighted by atomic mass is 16.5. The van der Waals surface area contributed by atoms with Crippen LogP contribution in [0.3, 0.4) is 0 Å². The first-order chi connectivity index (χ1) is 22.5. The Kier molecular flexibility index (Phi) is 33.9. The summed E-state index contributed by atoms with van der Waals surface area (Å²) in [6.45, 7) is 12.9. The highest BCUT2D eigenvalue weighted by molar-refractivity contribution is 5.72. The van der Waals surface area contributed by atoms with E-state index in [1.165, 1.54) is 38.5 Å². The lowest BCUT2D eigenvalue weighted by Crippen LogP contribution is -2.26. The van der Waals surface area contributed by atoms with Crippen LogP contribution < -0.4 is 0 Å². The Bertz CT molecular complexity index is 647. The molecule has 0 radical (unpaired) electrons. The summed E-state index contributed by atoms with van der Waals surface area (Å²) in [7, 11) is 0. The fraction of sp³-hybridized carbons (Fsp3) is 0.900. The van der Waals surface area contributed by atoms with Gasteiger partial charge in [-0.25, -0.2) is 0 Å². The van der Waals surface area contributed by atoms with E-state index in [2.05, 4.69) is 38.7 Å². The first-order valence-corrected chi connectivity index (χ1v) is 19.8. The Morgan fingerprint density at radius 1 is 0.522 bits per heavy atom. The van der Waals surface area contributed by atoms with E-state index in [0.29, 0.717) is 13.2 Å². The molecule has 272 valence electrons. The van der Waals surface area contributed by atoms with Gasteiger partial charge in [0.25, 0.3) is 0 Å². The zero-order valence-electron chi connectivity index (χ0n) is 31.1. The van der Waals surface area contributed by atoms with Gasteiger partial charge in [-0.15, -0.1) is 0 Å². The normalized spacial score (nSPS) is 13.0. The van der Waals surface area contributed by atoms with Crippen LogP contribution in [-0.4, -0.2) is 61.4 Å². The van der Waals surface area contributed by atoms with Gasteiger partial charge in [0, 0.05) is 6.54 Å². The third-order valence-electron chi connectivity index (χ3n) is 9.15. The van der Waals surface area contributed by atoms with Crippen LogP contribution in [0.25, 0.3) is 0 Å². The molecule has 0 fully saturated rings. The van der Waals surface area contributed by atoms with Gasteiger partial charge in [-0.05, 0) is 64.5 Å². The topological polar surface area (TPSA) is 76.1 Å². The van der Waals surface area contributed by atoms with Crippen LogP contribution in [0.2, 0.25) is 0 Å². The zero-order chi connectivity index (χ0) is 33.9. The molecule has 2 atom stereocenters. The number of carbonyl (C=O) groups excluding carboxylic acids is 2. The second kappa shape index (κ2) is 34.9. The number of carbonyl (C=O) groups is 2. The van der Waals surface area contributed by atoms with Crippen LogP contribution in [0.4, 0.5) is 0 Å². The van der Waals surface area contributed by atoms with Crippen molar-refractivity contribution in [3.63, 3.8) is 0 Å².